The van der Waals surface area contributed by atoms with Crippen LogP contribution in [0.5, 0.6) is 0 Å². The Hall–Kier alpha value is -1.39. The maximum Gasteiger partial charge on any atom is 0.191 e. The van der Waals surface area contributed by atoms with E-state index in [-0.39, 0.29) is 24.0 Å². The summed E-state index contributed by atoms with van der Waals surface area (Å²) in [5, 5.41) is 9.96. The van der Waals surface area contributed by atoms with E-state index in [2.05, 4.69) is 38.0 Å². The number of hydrogen-bond acceptors (Lipinski definition) is 5. The van der Waals surface area contributed by atoms with Crippen molar-refractivity contribution in [1.82, 2.24) is 15.6 Å². The van der Waals surface area contributed by atoms with Crippen LogP contribution < -0.4 is 15.5 Å². The molecule has 1 aliphatic heterocycles. The zero-order chi connectivity index (χ0) is 18.7. The summed E-state index contributed by atoms with van der Waals surface area (Å²) >= 11 is 1.75. The van der Waals surface area contributed by atoms with E-state index >= 15 is 0 Å². The third-order valence-electron chi connectivity index (χ3n) is 4.46. The molecule has 1 aromatic heterocycles. The second kappa shape index (κ2) is 12.9. The molecule has 2 aromatic rings. The lowest BCUT2D eigenvalue weighted by molar-refractivity contribution is 0.125. The lowest BCUT2D eigenvalue weighted by Gasteiger charge is -2.12. The SMILES string of the molecule is CN=C(NCCOCc1ccccc1)NCCc1csc(N2CCCC2)n1.I. The van der Waals surface area contributed by atoms with Crippen LogP contribution in [0.1, 0.15) is 24.1 Å². The number of guanidine groups is 1. The second-order valence-electron chi connectivity index (χ2n) is 6.53. The molecular weight excluding hydrogens is 485 g/mol. The zero-order valence-corrected chi connectivity index (χ0v) is 19.5. The number of hydrogen-bond donors (Lipinski definition) is 2. The summed E-state index contributed by atoms with van der Waals surface area (Å²) in [6.07, 6.45) is 3.47. The van der Waals surface area contributed by atoms with Gasteiger partial charge < -0.3 is 20.3 Å². The molecule has 0 radical (unpaired) electrons. The highest BCUT2D eigenvalue weighted by molar-refractivity contribution is 14.0. The van der Waals surface area contributed by atoms with Crippen molar-refractivity contribution < 1.29 is 4.74 Å². The van der Waals surface area contributed by atoms with Crippen molar-refractivity contribution in [3.8, 4) is 0 Å². The molecule has 0 saturated carbocycles. The number of aliphatic imine (C=N–C) groups is 1. The first-order chi connectivity index (χ1) is 13.3. The first kappa shape index (κ1) is 22.9. The molecule has 8 heteroatoms. The van der Waals surface area contributed by atoms with Crippen molar-refractivity contribution >= 4 is 46.4 Å². The molecule has 0 aliphatic carbocycles. The monoisotopic (exact) mass is 515 g/mol. The Bertz CT molecular complexity index is 704. The van der Waals surface area contributed by atoms with E-state index in [4.69, 9.17) is 9.72 Å². The highest BCUT2D eigenvalue weighted by Gasteiger charge is 2.15. The summed E-state index contributed by atoms with van der Waals surface area (Å²) in [6, 6.07) is 10.2. The minimum atomic E-state index is 0. The predicted molar refractivity (Wildman–Crippen MR) is 128 cm³/mol. The van der Waals surface area contributed by atoms with Gasteiger partial charge in [0.15, 0.2) is 11.1 Å². The highest BCUT2D eigenvalue weighted by atomic mass is 127. The standard InChI is InChI=1S/C20H29N5OS.HI/c1-21-19(23-11-14-26-15-17-7-3-2-4-8-17)22-10-9-18-16-27-20(24-18)25-12-5-6-13-25;/h2-4,7-8,16H,5-6,9-15H2,1H3,(H2,21,22,23);1H. The molecule has 1 aromatic carbocycles. The van der Waals surface area contributed by atoms with Crippen LogP contribution in [0, 0.1) is 0 Å². The van der Waals surface area contributed by atoms with Gasteiger partial charge in [-0.25, -0.2) is 4.98 Å². The van der Waals surface area contributed by atoms with Gasteiger partial charge in [-0.15, -0.1) is 35.3 Å². The summed E-state index contributed by atoms with van der Waals surface area (Å²) in [4.78, 5) is 11.4. The molecule has 1 aliphatic rings. The Labute approximate surface area is 188 Å². The number of nitrogens with zero attached hydrogens (tertiary/aromatic N) is 3. The molecule has 1 saturated heterocycles. The number of thiazole rings is 1. The Kier molecular flexibility index (Phi) is 10.6. The molecule has 3 rings (SSSR count). The van der Waals surface area contributed by atoms with E-state index in [0.29, 0.717) is 13.2 Å². The van der Waals surface area contributed by atoms with Crippen molar-refractivity contribution in [2.24, 2.45) is 4.99 Å². The number of nitrogens with one attached hydrogen (secondary N) is 2. The van der Waals surface area contributed by atoms with Gasteiger partial charge in [-0.2, -0.15) is 0 Å². The van der Waals surface area contributed by atoms with Crippen molar-refractivity contribution in [1.29, 1.82) is 0 Å². The lowest BCUT2D eigenvalue weighted by atomic mass is 10.2. The van der Waals surface area contributed by atoms with Crippen LogP contribution >= 0.6 is 35.3 Å². The highest BCUT2D eigenvalue weighted by Crippen LogP contribution is 2.24. The normalized spacial score (nSPS) is 14.0. The number of anilines is 1. The number of rotatable bonds is 9. The Balaban J connectivity index is 0.00000280. The molecule has 0 unspecified atom stereocenters. The summed E-state index contributed by atoms with van der Waals surface area (Å²) in [5.74, 6) is 0.799. The third kappa shape index (κ3) is 7.56. The zero-order valence-electron chi connectivity index (χ0n) is 16.4. The van der Waals surface area contributed by atoms with Gasteiger partial charge in [0.25, 0.3) is 0 Å². The molecule has 154 valence electrons. The molecule has 28 heavy (non-hydrogen) atoms. The van der Waals surface area contributed by atoms with Crippen LogP contribution in [0.25, 0.3) is 0 Å². The fraction of sp³-hybridized carbons (Fsp3) is 0.500. The maximum atomic E-state index is 5.68. The van der Waals surface area contributed by atoms with Crippen LogP contribution in [-0.4, -0.2) is 50.8 Å². The molecule has 2 N–H and O–H groups in total. The van der Waals surface area contributed by atoms with E-state index in [1.807, 2.05) is 18.2 Å². The average molecular weight is 515 g/mol. The van der Waals surface area contributed by atoms with E-state index in [1.165, 1.54) is 23.5 Å². The first-order valence-electron chi connectivity index (χ1n) is 9.60. The predicted octanol–water partition coefficient (Wildman–Crippen LogP) is 3.29. The molecule has 0 spiro atoms. The van der Waals surface area contributed by atoms with Crippen LogP contribution in [-0.2, 0) is 17.8 Å². The fourth-order valence-corrected chi connectivity index (χ4v) is 3.91. The Morgan fingerprint density at radius 2 is 1.93 bits per heavy atom. The Morgan fingerprint density at radius 3 is 2.68 bits per heavy atom. The van der Waals surface area contributed by atoms with Crippen LogP contribution in [0.2, 0.25) is 0 Å². The molecule has 0 amide bonds. The second-order valence-corrected chi connectivity index (χ2v) is 7.37. The summed E-state index contributed by atoms with van der Waals surface area (Å²) in [7, 11) is 1.79. The molecule has 6 nitrogen and oxygen atoms in total. The van der Waals surface area contributed by atoms with Crippen molar-refractivity contribution in [3.05, 3.63) is 47.0 Å². The Morgan fingerprint density at radius 1 is 1.18 bits per heavy atom. The average Bonchev–Trinajstić information content (AvgIpc) is 3.39. The van der Waals surface area contributed by atoms with Gasteiger partial charge in [-0.3, -0.25) is 4.99 Å². The lowest BCUT2D eigenvalue weighted by Crippen LogP contribution is -2.39. The quantitative estimate of drug-likeness (QED) is 0.232. The topological polar surface area (TPSA) is 61.8 Å². The van der Waals surface area contributed by atoms with Crippen molar-refractivity contribution in [2.75, 3.05) is 44.7 Å². The smallest absolute Gasteiger partial charge is 0.191 e. The van der Waals surface area contributed by atoms with Gasteiger partial charge in [0.1, 0.15) is 0 Å². The van der Waals surface area contributed by atoms with Crippen LogP contribution in [0.3, 0.4) is 0 Å². The summed E-state index contributed by atoms with van der Waals surface area (Å²) in [5.41, 5.74) is 2.34. The van der Waals surface area contributed by atoms with E-state index in [1.54, 1.807) is 18.4 Å². The minimum Gasteiger partial charge on any atom is -0.375 e. The van der Waals surface area contributed by atoms with Gasteiger partial charge in [0, 0.05) is 45.0 Å². The van der Waals surface area contributed by atoms with Crippen molar-refractivity contribution in [3.63, 3.8) is 0 Å². The largest absolute Gasteiger partial charge is 0.375 e. The fourth-order valence-electron chi connectivity index (χ4n) is 3.00. The third-order valence-corrected chi connectivity index (χ3v) is 5.41. The number of aromatic nitrogens is 1. The minimum absolute atomic E-state index is 0. The molecule has 2 heterocycles. The van der Waals surface area contributed by atoms with Crippen molar-refractivity contribution in [2.45, 2.75) is 25.9 Å². The molecular formula is C20H30IN5OS. The first-order valence-corrected chi connectivity index (χ1v) is 10.5. The number of ether oxygens (including phenoxy) is 1. The molecule has 0 bridgehead atoms. The number of benzene rings is 1. The summed E-state index contributed by atoms with van der Waals surface area (Å²) in [6.45, 7) is 5.11. The van der Waals surface area contributed by atoms with Gasteiger partial charge in [0.2, 0.25) is 0 Å². The van der Waals surface area contributed by atoms with Gasteiger partial charge in [0.05, 0.1) is 18.9 Å². The van der Waals surface area contributed by atoms with Gasteiger partial charge >= 0.3 is 0 Å². The summed E-state index contributed by atoms with van der Waals surface area (Å²) < 4.78 is 5.68. The molecule has 1 fully saturated rings. The van der Waals surface area contributed by atoms with E-state index in [0.717, 1.165) is 44.3 Å². The van der Waals surface area contributed by atoms with E-state index < -0.39 is 0 Å². The van der Waals surface area contributed by atoms with Gasteiger partial charge in [-0.05, 0) is 18.4 Å². The van der Waals surface area contributed by atoms with E-state index in [9.17, 15) is 0 Å². The number of halogens is 1. The molecule has 0 atom stereocenters. The van der Waals surface area contributed by atoms with Crippen LogP contribution in [0.4, 0.5) is 5.13 Å². The maximum absolute atomic E-state index is 5.68. The van der Waals surface area contributed by atoms with Gasteiger partial charge in [-0.1, -0.05) is 30.3 Å². The van der Waals surface area contributed by atoms with Crippen LogP contribution in [0.15, 0.2) is 40.7 Å².